The van der Waals surface area contributed by atoms with Crippen LogP contribution in [0.1, 0.15) is 19.4 Å². The molecule has 0 atom stereocenters. The maximum atomic E-state index is 12.2. The molecule has 0 radical (unpaired) electrons. The summed E-state index contributed by atoms with van der Waals surface area (Å²) in [5.74, 6) is 0.538. The molecule has 0 saturated heterocycles. The van der Waals surface area contributed by atoms with Gasteiger partial charge in [-0.2, -0.15) is 13.2 Å². The number of guanidine groups is 1. The van der Waals surface area contributed by atoms with Gasteiger partial charge in [-0.25, -0.2) is 4.99 Å². The van der Waals surface area contributed by atoms with Crippen molar-refractivity contribution in [2.75, 3.05) is 19.7 Å². The lowest BCUT2D eigenvalue weighted by Gasteiger charge is -2.19. The van der Waals surface area contributed by atoms with Crippen molar-refractivity contribution >= 4 is 5.96 Å². The SMILES string of the molecule is CCN(CC)C(N)=NCc1ccccc1OCC(F)(F)F. The molecular formula is C14H20F3N3O. The predicted octanol–water partition coefficient (Wildman–Crippen LogP) is 2.78. The monoisotopic (exact) mass is 303 g/mol. The summed E-state index contributed by atoms with van der Waals surface area (Å²) in [6.45, 7) is 4.20. The Hall–Kier alpha value is -1.92. The van der Waals surface area contributed by atoms with Crippen molar-refractivity contribution < 1.29 is 17.9 Å². The molecule has 0 spiro atoms. The first-order chi connectivity index (χ1) is 9.87. The van der Waals surface area contributed by atoms with Crippen LogP contribution >= 0.6 is 0 Å². The van der Waals surface area contributed by atoms with Crippen LogP contribution in [-0.2, 0) is 6.54 Å². The van der Waals surface area contributed by atoms with Gasteiger partial charge in [0.05, 0.1) is 6.54 Å². The van der Waals surface area contributed by atoms with Crippen molar-refractivity contribution in [1.29, 1.82) is 0 Å². The average molecular weight is 303 g/mol. The minimum absolute atomic E-state index is 0.172. The molecule has 0 bridgehead atoms. The number of hydrogen-bond acceptors (Lipinski definition) is 2. The van der Waals surface area contributed by atoms with Crippen LogP contribution in [0, 0.1) is 0 Å². The number of halogens is 3. The zero-order valence-corrected chi connectivity index (χ0v) is 12.2. The van der Waals surface area contributed by atoms with Gasteiger partial charge in [0.25, 0.3) is 0 Å². The molecule has 1 rings (SSSR count). The van der Waals surface area contributed by atoms with Gasteiger partial charge in [-0.1, -0.05) is 18.2 Å². The van der Waals surface area contributed by atoms with Crippen molar-refractivity contribution in [2.24, 2.45) is 10.7 Å². The van der Waals surface area contributed by atoms with E-state index in [0.29, 0.717) is 11.5 Å². The van der Waals surface area contributed by atoms with Gasteiger partial charge in [-0.3, -0.25) is 0 Å². The molecule has 0 fully saturated rings. The Morgan fingerprint density at radius 1 is 1.24 bits per heavy atom. The summed E-state index contributed by atoms with van der Waals surface area (Å²) >= 11 is 0. The van der Waals surface area contributed by atoms with Crippen LogP contribution < -0.4 is 10.5 Å². The second kappa shape index (κ2) is 7.75. The highest BCUT2D eigenvalue weighted by molar-refractivity contribution is 5.78. The van der Waals surface area contributed by atoms with E-state index < -0.39 is 12.8 Å². The largest absolute Gasteiger partial charge is 0.484 e. The van der Waals surface area contributed by atoms with Gasteiger partial charge in [0.1, 0.15) is 5.75 Å². The fourth-order valence-corrected chi connectivity index (χ4v) is 1.75. The Morgan fingerprint density at radius 3 is 2.43 bits per heavy atom. The molecule has 0 aromatic heterocycles. The van der Waals surface area contributed by atoms with Gasteiger partial charge < -0.3 is 15.4 Å². The van der Waals surface area contributed by atoms with Crippen LogP contribution in [0.4, 0.5) is 13.2 Å². The number of hydrogen-bond donors (Lipinski definition) is 1. The predicted molar refractivity (Wildman–Crippen MR) is 76.2 cm³/mol. The third-order valence-electron chi connectivity index (χ3n) is 2.86. The van der Waals surface area contributed by atoms with Crippen LogP contribution in [0.2, 0.25) is 0 Å². The second-order valence-electron chi connectivity index (χ2n) is 4.36. The zero-order valence-electron chi connectivity index (χ0n) is 12.2. The van der Waals surface area contributed by atoms with Crippen molar-refractivity contribution in [3.63, 3.8) is 0 Å². The molecule has 0 unspecified atom stereocenters. The van der Waals surface area contributed by atoms with Crippen molar-refractivity contribution in [1.82, 2.24) is 4.90 Å². The first-order valence-corrected chi connectivity index (χ1v) is 6.69. The Balaban J connectivity index is 2.77. The molecule has 1 aromatic rings. The molecule has 0 aliphatic rings. The molecule has 0 heterocycles. The van der Waals surface area contributed by atoms with E-state index in [9.17, 15) is 13.2 Å². The van der Waals surface area contributed by atoms with Crippen LogP contribution in [-0.4, -0.2) is 36.7 Å². The summed E-state index contributed by atoms with van der Waals surface area (Å²) in [4.78, 5) is 6.06. The molecule has 21 heavy (non-hydrogen) atoms. The molecule has 118 valence electrons. The molecular weight excluding hydrogens is 283 g/mol. The fourth-order valence-electron chi connectivity index (χ4n) is 1.75. The number of benzene rings is 1. The Kier molecular flexibility index (Phi) is 6.33. The normalized spacial score (nSPS) is 12.3. The standard InChI is InChI=1S/C14H20F3N3O/c1-3-20(4-2)13(18)19-9-11-7-5-6-8-12(11)21-10-14(15,16)17/h5-8H,3-4,9-10H2,1-2H3,(H2,18,19). The van der Waals surface area contributed by atoms with Gasteiger partial charge in [0.2, 0.25) is 0 Å². The lowest BCUT2D eigenvalue weighted by molar-refractivity contribution is -0.153. The number of para-hydroxylation sites is 1. The summed E-state index contributed by atoms with van der Waals surface area (Å²) in [5, 5.41) is 0. The first-order valence-electron chi connectivity index (χ1n) is 6.69. The number of rotatable bonds is 6. The van der Waals surface area contributed by atoms with E-state index in [4.69, 9.17) is 10.5 Å². The van der Waals surface area contributed by atoms with Crippen LogP contribution in [0.25, 0.3) is 0 Å². The zero-order chi connectivity index (χ0) is 15.9. The summed E-state index contributed by atoms with van der Waals surface area (Å²) in [6, 6.07) is 6.50. The number of ether oxygens (including phenoxy) is 1. The lowest BCUT2D eigenvalue weighted by Crippen LogP contribution is -2.37. The molecule has 0 amide bonds. The van der Waals surface area contributed by atoms with Crippen molar-refractivity contribution in [3.05, 3.63) is 29.8 Å². The Bertz CT molecular complexity index is 471. The topological polar surface area (TPSA) is 50.8 Å². The highest BCUT2D eigenvalue weighted by Crippen LogP contribution is 2.22. The molecule has 2 N–H and O–H groups in total. The minimum Gasteiger partial charge on any atom is -0.484 e. The summed E-state index contributed by atoms with van der Waals surface area (Å²) in [7, 11) is 0. The van der Waals surface area contributed by atoms with Crippen molar-refractivity contribution in [2.45, 2.75) is 26.6 Å². The summed E-state index contributed by atoms with van der Waals surface area (Å²) in [6.07, 6.45) is -4.36. The van der Waals surface area contributed by atoms with E-state index in [-0.39, 0.29) is 12.3 Å². The Morgan fingerprint density at radius 2 is 1.86 bits per heavy atom. The van der Waals surface area contributed by atoms with E-state index >= 15 is 0 Å². The number of alkyl halides is 3. The number of nitrogens with two attached hydrogens (primary N) is 1. The van der Waals surface area contributed by atoms with Crippen molar-refractivity contribution in [3.8, 4) is 5.75 Å². The smallest absolute Gasteiger partial charge is 0.422 e. The van der Waals surface area contributed by atoms with Gasteiger partial charge in [0, 0.05) is 18.7 Å². The third-order valence-corrected chi connectivity index (χ3v) is 2.86. The van der Waals surface area contributed by atoms with Gasteiger partial charge in [-0.15, -0.1) is 0 Å². The number of aliphatic imine (C=N–C) groups is 1. The lowest BCUT2D eigenvalue weighted by atomic mass is 10.2. The Labute approximate surface area is 122 Å². The fraction of sp³-hybridized carbons (Fsp3) is 0.500. The first kappa shape index (κ1) is 17.1. The highest BCUT2D eigenvalue weighted by Gasteiger charge is 2.28. The van der Waals surface area contributed by atoms with E-state index in [1.165, 1.54) is 6.07 Å². The van der Waals surface area contributed by atoms with Crippen LogP contribution in [0.15, 0.2) is 29.3 Å². The van der Waals surface area contributed by atoms with E-state index in [1.807, 2.05) is 18.7 Å². The van der Waals surface area contributed by atoms with E-state index in [2.05, 4.69) is 4.99 Å². The molecule has 0 saturated carbocycles. The molecule has 0 aliphatic carbocycles. The van der Waals surface area contributed by atoms with Crippen LogP contribution in [0.5, 0.6) is 5.75 Å². The van der Waals surface area contributed by atoms with Gasteiger partial charge >= 0.3 is 6.18 Å². The maximum absolute atomic E-state index is 12.2. The average Bonchev–Trinajstić information content (AvgIpc) is 2.44. The second-order valence-corrected chi connectivity index (χ2v) is 4.36. The van der Waals surface area contributed by atoms with Crippen LogP contribution in [0.3, 0.4) is 0 Å². The minimum atomic E-state index is -4.36. The van der Waals surface area contributed by atoms with E-state index in [0.717, 1.165) is 13.1 Å². The molecule has 0 aliphatic heterocycles. The summed E-state index contributed by atoms with van der Waals surface area (Å²) < 4.78 is 41.4. The number of nitrogens with zero attached hydrogens (tertiary/aromatic N) is 2. The summed E-state index contributed by atoms with van der Waals surface area (Å²) in [5.41, 5.74) is 6.40. The molecule has 7 heteroatoms. The van der Waals surface area contributed by atoms with Gasteiger partial charge in [0.15, 0.2) is 12.6 Å². The third kappa shape index (κ3) is 5.93. The highest BCUT2D eigenvalue weighted by atomic mass is 19.4. The molecule has 1 aromatic carbocycles. The van der Waals surface area contributed by atoms with E-state index in [1.54, 1.807) is 18.2 Å². The maximum Gasteiger partial charge on any atom is 0.422 e. The quantitative estimate of drug-likeness (QED) is 0.649. The molecule has 4 nitrogen and oxygen atoms in total. The van der Waals surface area contributed by atoms with Gasteiger partial charge in [-0.05, 0) is 19.9 Å².